The standard InChI is InChI=1S/C16H21NO3/c1-11-5-3-6-12(2)13(11)9-14(18)17-16(7-4-8-16)10-15(19)20/h3,5-6H,4,7-10H2,1-2H3,(H,17,18)(H,19,20). The molecule has 0 bridgehead atoms. The normalized spacial score (nSPS) is 16.3. The van der Waals surface area contributed by atoms with Crippen molar-refractivity contribution in [3.8, 4) is 0 Å². The van der Waals surface area contributed by atoms with E-state index in [2.05, 4.69) is 5.32 Å². The second-order valence-electron chi connectivity index (χ2n) is 5.80. The first kappa shape index (κ1) is 14.6. The van der Waals surface area contributed by atoms with Crippen molar-refractivity contribution in [2.24, 2.45) is 0 Å². The Hall–Kier alpha value is -1.84. The van der Waals surface area contributed by atoms with Gasteiger partial charge in [-0.3, -0.25) is 9.59 Å². The molecule has 108 valence electrons. The topological polar surface area (TPSA) is 66.4 Å². The smallest absolute Gasteiger partial charge is 0.305 e. The van der Waals surface area contributed by atoms with Crippen molar-refractivity contribution in [3.63, 3.8) is 0 Å². The quantitative estimate of drug-likeness (QED) is 0.867. The van der Waals surface area contributed by atoms with Crippen LogP contribution in [0.15, 0.2) is 18.2 Å². The number of aliphatic carboxylic acids is 1. The maximum atomic E-state index is 12.2. The number of carboxylic acid groups (broad SMARTS) is 1. The SMILES string of the molecule is Cc1cccc(C)c1CC(=O)NC1(CC(=O)O)CCC1. The molecule has 20 heavy (non-hydrogen) atoms. The summed E-state index contributed by atoms with van der Waals surface area (Å²) in [4.78, 5) is 23.1. The lowest BCUT2D eigenvalue weighted by molar-refractivity contribution is -0.140. The molecule has 1 saturated carbocycles. The van der Waals surface area contributed by atoms with E-state index >= 15 is 0 Å². The van der Waals surface area contributed by atoms with E-state index in [9.17, 15) is 9.59 Å². The Morgan fingerprint density at radius 3 is 2.30 bits per heavy atom. The molecule has 0 spiro atoms. The Labute approximate surface area is 119 Å². The summed E-state index contributed by atoms with van der Waals surface area (Å²) in [5, 5.41) is 11.9. The van der Waals surface area contributed by atoms with E-state index < -0.39 is 11.5 Å². The number of nitrogens with one attached hydrogen (secondary N) is 1. The molecule has 4 nitrogen and oxygen atoms in total. The van der Waals surface area contributed by atoms with Gasteiger partial charge in [0, 0.05) is 0 Å². The average Bonchev–Trinajstić information content (AvgIpc) is 2.30. The third-order valence-corrected chi connectivity index (χ3v) is 4.19. The highest BCUT2D eigenvalue weighted by molar-refractivity contribution is 5.81. The van der Waals surface area contributed by atoms with Crippen LogP contribution in [0.1, 0.15) is 42.4 Å². The molecule has 1 aromatic rings. The number of hydrogen-bond donors (Lipinski definition) is 2. The van der Waals surface area contributed by atoms with Gasteiger partial charge < -0.3 is 10.4 Å². The Morgan fingerprint density at radius 1 is 1.25 bits per heavy atom. The lowest BCUT2D eigenvalue weighted by Gasteiger charge is -2.41. The third-order valence-electron chi connectivity index (χ3n) is 4.19. The highest BCUT2D eigenvalue weighted by Gasteiger charge is 2.40. The summed E-state index contributed by atoms with van der Waals surface area (Å²) in [6.45, 7) is 3.98. The van der Waals surface area contributed by atoms with Crippen molar-refractivity contribution in [1.82, 2.24) is 5.32 Å². The van der Waals surface area contributed by atoms with Crippen LogP contribution >= 0.6 is 0 Å². The summed E-state index contributed by atoms with van der Waals surface area (Å²) in [5.41, 5.74) is 2.72. The summed E-state index contributed by atoms with van der Waals surface area (Å²) in [7, 11) is 0. The van der Waals surface area contributed by atoms with E-state index in [4.69, 9.17) is 5.11 Å². The van der Waals surface area contributed by atoms with Crippen molar-refractivity contribution in [3.05, 3.63) is 34.9 Å². The van der Waals surface area contributed by atoms with Crippen molar-refractivity contribution in [2.45, 2.75) is 51.5 Å². The van der Waals surface area contributed by atoms with Gasteiger partial charge in [-0.15, -0.1) is 0 Å². The summed E-state index contributed by atoms with van der Waals surface area (Å²) >= 11 is 0. The number of carboxylic acids is 1. The van der Waals surface area contributed by atoms with E-state index in [0.717, 1.165) is 36.0 Å². The number of hydrogen-bond acceptors (Lipinski definition) is 2. The minimum atomic E-state index is -0.850. The minimum absolute atomic E-state index is 0.0193. The van der Waals surface area contributed by atoms with Crippen LogP contribution in [0.2, 0.25) is 0 Å². The van der Waals surface area contributed by atoms with Crippen molar-refractivity contribution >= 4 is 11.9 Å². The van der Waals surface area contributed by atoms with Gasteiger partial charge in [-0.1, -0.05) is 18.2 Å². The Bertz CT molecular complexity index is 512. The van der Waals surface area contributed by atoms with Crippen molar-refractivity contribution in [2.75, 3.05) is 0 Å². The molecule has 2 rings (SSSR count). The number of aryl methyl sites for hydroxylation is 2. The Morgan fingerprint density at radius 2 is 1.85 bits per heavy atom. The summed E-state index contributed by atoms with van der Waals surface area (Å²) in [6.07, 6.45) is 2.85. The molecule has 1 fully saturated rings. The molecule has 0 atom stereocenters. The molecule has 0 heterocycles. The van der Waals surface area contributed by atoms with Gasteiger partial charge in [-0.05, 0) is 49.8 Å². The van der Waals surface area contributed by atoms with Crippen LogP contribution in [0.25, 0.3) is 0 Å². The van der Waals surface area contributed by atoms with Crippen LogP contribution in [0.5, 0.6) is 0 Å². The number of rotatable bonds is 5. The minimum Gasteiger partial charge on any atom is -0.481 e. The molecule has 4 heteroatoms. The zero-order valence-electron chi connectivity index (χ0n) is 12.0. The molecular weight excluding hydrogens is 254 g/mol. The maximum Gasteiger partial charge on any atom is 0.305 e. The first-order valence-electron chi connectivity index (χ1n) is 7.00. The van der Waals surface area contributed by atoms with Crippen LogP contribution in [-0.4, -0.2) is 22.5 Å². The highest BCUT2D eigenvalue weighted by atomic mass is 16.4. The summed E-state index contributed by atoms with van der Waals surface area (Å²) < 4.78 is 0. The van der Waals surface area contributed by atoms with Gasteiger partial charge in [0.2, 0.25) is 5.91 Å². The second-order valence-corrected chi connectivity index (χ2v) is 5.80. The zero-order chi connectivity index (χ0) is 14.8. The molecule has 2 N–H and O–H groups in total. The van der Waals surface area contributed by atoms with Crippen molar-refractivity contribution < 1.29 is 14.7 Å². The van der Waals surface area contributed by atoms with Crippen molar-refractivity contribution in [1.29, 1.82) is 0 Å². The van der Waals surface area contributed by atoms with Crippen LogP contribution in [-0.2, 0) is 16.0 Å². The molecule has 0 aliphatic heterocycles. The first-order chi connectivity index (χ1) is 9.42. The lowest BCUT2D eigenvalue weighted by Crippen LogP contribution is -2.55. The zero-order valence-corrected chi connectivity index (χ0v) is 12.0. The largest absolute Gasteiger partial charge is 0.481 e. The fourth-order valence-corrected chi connectivity index (χ4v) is 2.87. The fourth-order valence-electron chi connectivity index (χ4n) is 2.87. The van der Waals surface area contributed by atoms with E-state index in [1.54, 1.807) is 0 Å². The molecule has 1 aliphatic carbocycles. The van der Waals surface area contributed by atoms with E-state index in [1.807, 2.05) is 32.0 Å². The fraction of sp³-hybridized carbons (Fsp3) is 0.500. The molecule has 1 aromatic carbocycles. The van der Waals surface area contributed by atoms with E-state index in [1.165, 1.54) is 0 Å². The van der Waals surface area contributed by atoms with Crippen LogP contribution in [0.4, 0.5) is 0 Å². The number of carbonyl (C=O) groups is 2. The Balaban J connectivity index is 2.04. The predicted molar refractivity (Wildman–Crippen MR) is 76.6 cm³/mol. The van der Waals surface area contributed by atoms with Crippen LogP contribution in [0.3, 0.4) is 0 Å². The predicted octanol–water partition coefficient (Wildman–Crippen LogP) is 2.36. The average molecular weight is 275 g/mol. The number of amides is 1. The van der Waals surface area contributed by atoms with Gasteiger partial charge in [0.15, 0.2) is 0 Å². The monoisotopic (exact) mass is 275 g/mol. The molecular formula is C16H21NO3. The molecule has 0 unspecified atom stereocenters. The van der Waals surface area contributed by atoms with E-state index in [-0.39, 0.29) is 12.3 Å². The van der Waals surface area contributed by atoms with Gasteiger partial charge in [-0.2, -0.15) is 0 Å². The summed E-state index contributed by atoms with van der Waals surface area (Å²) in [5.74, 6) is -0.930. The van der Waals surface area contributed by atoms with Crippen LogP contribution in [0, 0.1) is 13.8 Å². The maximum absolute atomic E-state index is 12.2. The molecule has 0 radical (unpaired) electrons. The van der Waals surface area contributed by atoms with Gasteiger partial charge in [0.25, 0.3) is 0 Å². The number of benzene rings is 1. The van der Waals surface area contributed by atoms with Gasteiger partial charge >= 0.3 is 5.97 Å². The lowest BCUT2D eigenvalue weighted by atomic mass is 9.74. The molecule has 1 amide bonds. The van der Waals surface area contributed by atoms with Gasteiger partial charge in [0.05, 0.1) is 18.4 Å². The second kappa shape index (κ2) is 5.65. The first-order valence-corrected chi connectivity index (χ1v) is 7.00. The molecule has 0 aromatic heterocycles. The molecule has 0 saturated heterocycles. The third kappa shape index (κ3) is 3.18. The number of carbonyl (C=O) groups excluding carboxylic acids is 1. The van der Waals surface area contributed by atoms with Crippen LogP contribution < -0.4 is 5.32 Å². The van der Waals surface area contributed by atoms with E-state index in [0.29, 0.717) is 6.42 Å². The van der Waals surface area contributed by atoms with Gasteiger partial charge in [-0.25, -0.2) is 0 Å². The summed E-state index contributed by atoms with van der Waals surface area (Å²) in [6, 6.07) is 5.96. The highest BCUT2D eigenvalue weighted by Crippen LogP contribution is 2.35. The van der Waals surface area contributed by atoms with Gasteiger partial charge in [0.1, 0.15) is 0 Å². The molecule has 1 aliphatic rings. The Kier molecular flexibility index (Phi) is 4.12.